The van der Waals surface area contributed by atoms with E-state index in [0.717, 1.165) is 23.4 Å². The van der Waals surface area contributed by atoms with Gasteiger partial charge in [-0.3, -0.25) is 9.98 Å². The molecule has 1 atom stereocenters. The molecule has 0 fully saturated rings. The Balaban J connectivity index is 1.73. The van der Waals surface area contributed by atoms with Crippen LogP contribution < -0.4 is 10.6 Å². The van der Waals surface area contributed by atoms with E-state index in [0.29, 0.717) is 17.0 Å². The molecule has 8 heteroatoms. The number of alkyl halides is 3. The maximum absolute atomic E-state index is 13.6. The first kappa shape index (κ1) is 18.9. The van der Waals surface area contributed by atoms with Gasteiger partial charge in [0.05, 0.1) is 5.56 Å². The molecule has 0 saturated carbocycles. The Hall–Kier alpha value is -3.42. The van der Waals surface area contributed by atoms with Gasteiger partial charge in [0.2, 0.25) is 0 Å². The number of rotatable bonds is 2. The SMILES string of the molecule is CN=C1NC(c2cccnc2)Nc2ccc(-c3ccc(F)c(C(F)(F)F)c3)cc21. The fourth-order valence-electron chi connectivity index (χ4n) is 3.27. The number of aliphatic imine (C=N–C) groups is 1. The van der Waals surface area contributed by atoms with Gasteiger partial charge in [-0.15, -0.1) is 0 Å². The third-order valence-electron chi connectivity index (χ3n) is 4.70. The van der Waals surface area contributed by atoms with Crippen molar-refractivity contribution < 1.29 is 17.6 Å². The van der Waals surface area contributed by atoms with Crippen molar-refractivity contribution >= 4 is 11.5 Å². The van der Waals surface area contributed by atoms with Crippen LogP contribution in [0.3, 0.4) is 0 Å². The van der Waals surface area contributed by atoms with Gasteiger partial charge in [-0.05, 0) is 41.5 Å². The van der Waals surface area contributed by atoms with E-state index in [4.69, 9.17) is 0 Å². The predicted octanol–water partition coefficient (Wildman–Crippen LogP) is 5.00. The number of aromatic nitrogens is 1. The van der Waals surface area contributed by atoms with Crippen molar-refractivity contribution in [2.24, 2.45) is 4.99 Å². The molecule has 0 bridgehead atoms. The molecule has 2 aromatic carbocycles. The maximum atomic E-state index is 13.6. The van der Waals surface area contributed by atoms with Crippen LogP contribution in [0.5, 0.6) is 0 Å². The molecule has 4 nitrogen and oxygen atoms in total. The third kappa shape index (κ3) is 3.65. The molecule has 4 rings (SSSR count). The second-order valence-electron chi connectivity index (χ2n) is 6.53. The second-order valence-corrected chi connectivity index (χ2v) is 6.53. The van der Waals surface area contributed by atoms with Crippen molar-refractivity contribution in [3.63, 3.8) is 0 Å². The zero-order valence-corrected chi connectivity index (χ0v) is 15.3. The first-order valence-corrected chi connectivity index (χ1v) is 8.78. The van der Waals surface area contributed by atoms with Crippen LogP contribution >= 0.6 is 0 Å². The molecule has 148 valence electrons. The zero-order valence-electron chi connectivity index (χ0n) is 15.3. The molecule has 3 aromatic rings. The van der Waals surface area contributed by atoms with Crippen LogP contribution in [0.1, 0.15) is 22.9 Å². The van der Waals surface area contributed by atoms with E-state index in [1.807, 2.05) is 12.1 Å². The first-order chi connectivity index (χ1) is 13.9. The largest absolute Gasteiger partial charge is 0.419 e. The second kappa shape index (κ2) is 7.20. The summed E-state index contributed by atoms with van der Waals surface area (Å²) in [6.07, 6.45) is -1.60. The van der Waals surface area contributed by atoms with Crippen molar-refractivity contribution in [2.45, 2.75) is 12.3 Å². The first-order valence-electron chi connectivity index (χ1n) is 8.78. The molecule has 1 aliphatic heterocycles. The Labute approximate surface area is 164 Å². The molecular formula is C21H16F4N4. The lowest BCUT2D eigenvalue weighted by atomic mass is 9.97. The lowest BCUT2D eigenvalue weighted by molar-refractivity contribution is -0.139. The highest BCUT2D eigenvalue weighted by Gasteiger charge is 2.34. The number of hydrogen-bond acceptors (Lipinski definition) is 3. The highest BCUT2D eigenvalue weighted by atomic mass is 19.4. The van der Waals surface area contributed by atoms with Crippen LogP contribution in [-0.4, -0.2) is 17.9 Å². The number of fused-ring (bicyclic) bond motifs is 1. The summed E-state index contributed by atoms with van der Waals surface area (Å²) in [6.45, 7) is 0. The van der Waals surface area contributed by atoms with Crippen LogP contribution in [0.2, 0.25) is 0 Å². The van der Waals surface area contributed by atoms with Gasteiger partial charge in [0, 0.05) is 36.3 Å². The number of amidine groups is 1. The van der Waals surface area contributed by atoms with Crippen molar-refractivity contribution in [2.75, 3.05) is 12.4 Å². The van der Waals surface area contributed by atoms with Gasteiger partial charge in [0.1, 0.15) is 17.8 Å². The van der Waals surface area contributed by atoms with Gasteiger partial charge < -0.3 is 10.6 Å². The van der Waals surface area contributed by atoms with Crippen LogP contribution in [-0.2, 0) is 6.18 Å². The van der Waals surface area contributed by atoms with Crippen LogP contribution in [0.15, 0.2) is 65.9 Å². The number of anilines is 1. The Kier molecular flexibility index (Phi) is 4.70. The topological polar surface area (TPSA) is 49.3 Å². The number of halogens is 4. The molecule has 0 spiro atoms. The van der Waals surface area contributed by atoms with Crippen molar-refractivity contribution in [1.82, 2.24) is 10.3 Å². The van der Waals surface area contributed by atoms with Crippen LogP contribution in [0, 0.1) is 5.82 Å². The van der Waals surface area contributed by atoms with Gasteiger partial charge in [-0.25, -0.2) is 4.39 Å². The molecule has 0 aliphatic carbocycles. The fraction of sp³-hybridized carbons (Fsp3) is 0.143. The number of pyridine rings is 1. The van der Waals surface area contributed by atoms with Crippen molar-refractivity contribution in [1.29, 1.82) is 0 Å². The number of nitrogens with zero attached hydrogens (tertiary/aromatic N) is 2. The minimum absolute atomic E-state index is 0.247. The van der Waals surface area contributed by atoms with E-state index in [-0.39, 0.29) is 11.7 Å². The molecular weight excluding hydrogens is 384 g/mol. The number of nitrogens with one attached hydrogen (secondary N) is 2. The molecule has 0 amide bonds. The summed E-state index contributed by atoms with van der Waals surface area (Å²) in [5, 5.41) is 6.59. The summed E-state index contributed by atoms with van der Waals surface area (Å²) < 4.78 is 52.8. The molecule has 2 N–H and O–H groups in total. The summed E-state index contributed by atoms with van der Waals surface area (Å²) >= 11 is 0. The van der Waals surface area contributed by atoms with Crippen molar-refractivity contribution in [3.05, 3.63) is 83.4 Å². The van der Waals surface area contributed by atoms with E-state index in [1.54, 1.807) is 37.6 Å². The number of hydrogen-bond donors (Lipinski definition) is 2. The predicted molar refractivity (Wildman–Crippen MR) is 103 cm³/mol. The van der Waals surface area contributed by atoms with Gasteiger partial charge in [0.15, 0.2) is 0 Å². The summed E-state index contributed by atoms with van der Waals surface area (Å²) in [6, 6.07) is 11.9. The van der Waals surface area contributed by atoms with Gasteiger partial charge in [0.25, 0.3) is 0 Å². The summed E-state index contributed by atoms with van der Waals surface area (Å²) in [5.41, 5.74) is 1.91. The maximum Gasteiger partial charge on any atom is 0.419 e. The molecule has 0 radical (unpaired) electrons. The average molecular weight is 400 g/mol. The van der Waals surface area contributed by atoms with Gasteiger partial charge in [-0.1, -0.05) is 18.2 Å². The van der Waals surface area contributed by atoms with Gasteiger partial charge in [-0.2, -0.15) is 13.2 Å². The Bertz CT molecular complexity index is 1080. The Morgan fingerprint density at radius 3 is 2.45 bits per heavy atom. The van der Waals surface area contributed by atoms with E-state index in [9.17, 15) is 17.6 Å². The average Bonchev–Trinajstić information content (AvgIpc) is 2.72. The molecule has 1 aliphatic rings. The lowest BCUT2D eigenvalue weighted by Crippen LogP contribution is -2.39. The Morgan fingerprint density at radius 2 is 1.76 bits per heavy atom. The van der Waals surface area contributed by atoms with E-state index >= 15 is 0 Å². The quantitative estimate of drug-likeness (QED) is 0.596. The fourth-order valence-corrected chi connectivity index (χ4v) is 3.27. The molecule has 29 heavy (non-hydrogen) atoms. The number of benzene rings is 2. The standard InChI is InChI=1S/C21H16F4N4/c1-26-20-15-9-12(13-4-6-17(22)16(10-13)21(23,24)25)5-7-18(15)28-19(29-20)14-3-2-8-27-11-14/h2-11,19,28H,1H3,(H,26,29). The smallest absolute Gasteiger partial charge is 0.361 e. The summed E-state index contributed by atoms with van der Waals surface area (Å²) in [7, 11) is 1.63. The van der Waals surface area contributed by atoms with E-state index in [1.165, 1.54) is 6.07 Å². The minimum atomic E-state index is -4.76. The van der Waals surface area contributed by atoms with Crippen LogP contribution in [0.4, 0.5) is 23.2 Å². The van der Waals surface area contributed by atoms with E-state index in [2.05, 4.69) is 20.6 Å². The van der Waals surface area contributed by atoms with Crippen LogP contribution in [0.25, 0.3) is 11.1 Å². The monoisotopic (exact) mass is 400 g/mol. The highest BCUT2D eigenvalue weighted by molar-refractivity contribution is 6.06. The lowest BCUT2D eigenvalue weighted by Gasteiger charge is -2.30. The summed E-state index contributed by atoms with van der Waals surface area (Å²) in [5.74, 6) is -0.703. The van der Waals surface area contributed by atoms with E-state index < -0.39 is 17.6 Å². The molecule has 1 unspecified atom stereocenters. The molecule has 2 heterocycles. The summed E-state index contributed by atoms with van der Waals surface area (Å²) in [4.78, 5) is 8.39. The zero-order chi connectivity index (χ0) is 20.6. The minimum Gasteiger partial charge on any atom is -0.361 e. The molecule has 1 aromatic heterocycles. The normalized spacial score (nSPS) is 17.4. The van der Waals surface area contributed by atoms with Gasteiger partial charge >= 0.3 is 6.18 Å². The third-order valence-corrected chi connectivity index (χ3v) is 4.70. The Morgan fingerprint density at radius 1 is 1.00 bits per heavy atom. The highest BCUT2D eigenvalue weighted by Crippen LogP contribution is 2.36. The van der Waals surface area contributed by atoms with Crippen molar-refractivity contribution in [3.8, 4) is 11.1 Å². The molecule has 0 saturated heterocycles.